The van der Waals surface area contributed by atoms with E-state index in [1.165, 1.54) is 260 Å². The second kappa shape index (κ2) is 34.4. The van der Waals surface area contributed by atoms with Gasteiger partial charge in [-0.1, -0.05) is 373 Å². The normalized spacial score (nSPS) is 20.6. The largest absolute Gasteiger partial charge is 0.310 e. The lowest BCUT2D eigenvalue weighted by molar-refractivity contribution is -0.0282. The molecular formula is C130H122B2N4. The topological polar surface area (TPSA) is 34.0 Å². The molecule has 0 N–H and O–H groups in total. The maximum atomic E-state index is 5.39. The molecule has 8 fully saturated rings. The number of benzene rings is 15. The average molecular weight is 1760 g/mol. The van der Waals surface area contributed by atoms with Gasteiger partial charge < -0.3 is 9.47 Å². The highest BCUT2D eigenvalue weighted by Gasteiger charge is 2.60. The molecule has 4 atom stereocenters. The average Bonchev–Trinajstić information content (AvgIpc) is 0.967. The van der Waals surface area contributed by atoms with Gasteiger partial charge in [0.1, 0.15) is 0 Å². The molecule has 15 aromatic carbocycles. The van der Waals surface area contributed by atoms with Gasteiger partial charge in [0.2, 0.25) is 13.4 Å². The molecular weight excluding hydrogens is 1640 g/mol. The summed E-state index contributed by atoms with van der Waals surface area (Å²) in [4.78, 5) is 13.2. The minimum Gasteiger partial charge on any atom is -0.310 e. The number of rotatable bonds is 18. The molecule has 4 nitrogen and oxygen atoms in total. The van der Waals surface area contributed by atoms with Crippen molar-refractivity contribution in [3.63, 3.8) is 0 Å². The fourth-order valence-corrected chi connectivity index (χ4v) is 29.2. The molecule has 3 heterocycles. The Morgan fingerprint density at radius 1 is 0.265 bits per heavy atom. The SMILES string of the molecule is Cc1cc(C)c(B(c2cccc(-c3cccc(-c4ccc(C56CC7CC(C5)CC(c5ccc(-n8c9ccccc9c9ccccc98)cc5)(C7)C6)cc4)n3)c2)c2c(C)cc(C)cc2C)c(C)c1.Cc1cc(C)c(B(c2cccc(-c3cccc(-c4ccc(C56CC7CC(C5)CC(c5ccc(N(c8ccccc8)c8cccc9ccccc89)cc5)(C7)C6)cc4)n3)c2)c2c(C)cc(C)cc2C)c(C)c1. The van der Waals surface area contributed by atoms with Crippen molar-refractivity contribution in [1.29, 1.82) is 0 Å². The van der Waals surface area contributed by atoms with Crippen LogP contribution in [0.5, 0.6) is 0 Å². The number of hydrogen-bond acceptors (Lipinski definition) is 3. The van der Waals surface area contributed by atoms with Gasteiger partial charge in [-0.05, 0) is 323 Å². The first-order valence-electron chi connectivity index (χ1n) is 50.3. The molecule has 0 saturated heterocycles. The van der Waals surface area contributed by atoms with Gasteiger partial charge in [0.05, 0.1) is 39.5 Å². The number of nitrogens with zero attached hydrogens (tertiary/aromatic N) is 4. The van der Waals surface area contributed by atoms with Crippen molar-refractivity contribution >= 4 is 95.8 Å². The van der Waals surface area contributed by atoms with E-state index in [9.17, 15) is 0 Å². The highest BCUT2D eigenvalue weighted by atomic mass is 15.1. The van der Waals surface area contributed by atoms with Crippen LogP contribution >= 0.6 is 0 Å². The van der Waals surface area contributed by atoms with Crippen LogP contribution in [0.4, 0.5) is 17.1 Å². The molecule has 8 aliphatic rings. The van der Waals surface area contributed by atoms with Crippen LogP contribution in [-0.4, -0.2) is 28.0 Å². The zero-order chi connectivity index (χ0) is 92.6. The van der Waals surface area contributed by atoms with Gasteiger partial charge in [-0.2, -0.15) is 0 Å². The zero-order valence-electron chi connectivity index (χ0n) is 81.2. The van der Waals surface area contributed by atoms with Gasteiger partial charge >= 0.3 is 0 Å². The third kappa shape index (κ3) is 15.5. The molecule has 668 valence electrons. The summed E-state index contributed by atoms with van der Waals surface area (Å²) in [6.45, 7) is 27.4. The van der Waals surface area contributed by atoms with E-state index < -0.39 is 0 Å². The standard InChI is InChI=1S/C67H63BN2.C63H59BN2/c1-44-33-46(3)64(47(4)34-44)68(65-48(5)35-45(2)36-49(65)6)57-18-12-17-54(38-57)62-23-14-22-61(69-62)53-25-27-55(28-26-53)66-39-50-37-51(40-66)42-67(41-50,43-66)56-29-31-59(32-30-56)70(58-19-8-7-9-20-58)63-24-13-16-52-15-10-11-21-60(52)63;1-40-29-42(3)60(43(4)30-40)64(61-44(5)31-41(2)32-45(61)6)52-14-11-13-49(34-52)57-18-12-17-56(65-57)48-21-23-50(24-22-48)62-35-46-33-47(36-62)38-63(37-46,39-62)51-25-27-53(28-26-51)66-58-19-9-7-15-54(58)55-16-8-10-20-59(55)66/h7-36,38,50-51H,37,39-43H2,1-6H3;7-32,34,46-47H,33,35-39H2,1-6H3. The highest BCUT2D eigenvalue weighted by Crippen LogP contribution is 2.68. The molecule has 3 aromatic heterocycles. The Morgan fingerprint density at radius 2 is 0.566 bits per heavy atom. The minimum absolute atomic E-state index is 0.116. The summed E-state index contributed by atoms with van der Waals surface area (Å²) in [5.41, 5.74) is 47.4. The summed E-state index contributed by atoms with van der Waals surface area (Å²) in [7, 11) is 0. The molecule has 18 aromatic rings. The van der Waals surface area contributed by atoms with E-state index in [1.54, 1.807) is 5.56 Å². The summed E-state index contributed by atoms with van der Waals surface area (Å²) < 4.78 is 2.45. The Kier molecular flexibility index (Phi) is 22.0. The van der Waals surface area contributed by atoms with Crippen molar-refractivity contribution in [2.24, 2.45) is 23.7 Å². The van der Waals surface area contributed by atoms with Gasteiger partial charge in [0, 0.05) is 44.3 Å². The smallest absolute Gasteiger partial charge is 0.242 e. The van der Waals surface area contributed by atoms with E-state index >= 15 is 0 Å². The summed E-state index contributed by atoms with van der Waals surface area (Å²) in [5, 5.41) is 5.15. The lowest BCUT2D eigenvalue weighted by Gasteiger charge is -2.63. The Balaban J connectivity index is 0.000000153. The van der Waals surface area contributed by atoms with Crippen molar-refractivity contribution in [3.8, 4) is 50.7 Å². The van der Waals surface area contributed by atoms with Crippen LogP contribution in [0, 0.1) is 107 Å². The first kappa shape index (κ1) is 86.7. The van der Waals surface area contributed by atoms with E-state index in [2.05, 4.69) is 444 Å². The quantitative estimate of drug-likeness (QED) is 0.0803. The number of aromatic nitrogens is 3. The molecule has 8 bridgehead atoms. The predicted octanol–water partition coefficient (Wildman–Crippen LogP) is 28.9. The van der Waals surface area contributed by atoms with Crippen molar-refractivity contribution in [2.75, 3.05) is 4.90 Å². The van der Waals surface area contributed by atoms with E-state index in [0.29, 0.717) is 0 Å². The molecule has 6 heteroatoms. The summed E-state index contributed by atoms with van der Waals surface area (Å²) in [5.74, 6) is 3.11. The summed E-state index contributed by atoms with van der Waals surface area (Å²) in [6, 6.07) is 133. The van der Waals surface area contributed by atoms with Gasteiger partial charge in [0.25, 0.3) is 0 Å². The second-order valence-electron chi connectivity index (χ2n) is 43.0. The fraction of sp³-hybridized carbons (Fsp3) is 0.246. The predicted molar refractivity (Wildman–Crippen MR) is 578 cm³/mol. The lowest BCUT2D eigenvalue weighted by Crippen LogP contribution is -2.55. The van der Waals surface area contributed by atoms with Crippen molar-refractivity contribution < 1.29 is 0 Å². The van der Waals surface area contributed by atoms with Gasteiger partial charge in [-0.25, -0.2) is 9.97 Å². The fourth-order valence-electron chi connectivity index (χ4n) is 29.2. The van der Waals surface area contributed by atoms with Crippen LogP contribution in [0.25, 0.3) is 83.3 Å². The van der Waals surface area contributed by atoms with Crippen LogP contribution in [0.1, 0.15) is 166 Å². The van der Waals surface area contributed by atoms with Gasteiger partial charge in [0.15, 0.2) is 0 Å². The molecule has 0 amide bonds. The monoisotopic (exact) mass is 1760 g/mol. The maximum absolute atomic E-state index is 5.39. The molecule has 8 saturated carbocycles. The molecule has 4 unspecified atom stereocenters. The number of pyridine rings is 2. The molecule has 0 spiro atoms. The van der Waals surface area contributed by atoms with E-state index in [-0.39, 0.29) is 35.1 Å². The Labute approximate surface area is 806 Å². The maximum Gasteiger partial charge on any atom is 0.242 e. The highest BCUT2D eigenvalue weighted by molar-refractivity contribution is 6.97. The first-order chi connectivity index (χ1) is 66.1. The molecule has 136 heavy (non-hydrogen) atoms. The minimum atomic E-state index is 0.116. The number of hydrogen-bond donors (Lipinski definition) is 0. The summed E-state index contributed by atoms with van der Waals surface area (Å²) >= 11 is 0. The van der Waals surface area contributed by atoms with Crippen LogP contribution in [0.2, 0.25) is 0 Å². The molecule has 8 aliphatic carbocycles. The number of para-hydroxylation sites is 3. The number of anilines is 3. The number of fused-ring (bicyclic) bond motifs is 4. The molecule has 0 aliphatic heterocycles. The van der Waals surface area contributed by atoms with Crippen molar-refractivity contribution in [1.82, 2.24) is 14.5 Å². The lowest BCUT2D eigenvalue weighted by atomic mass is 9.34. The second-order valence-corrected chi connectivity index (χ2v) is 43.0. The third-order valence-electron chi connectivity index (χ3n) is 33.4. The van der Waals surface area contributed by atoms with Crippen molar-refractivity contribution in [3.05, 3.63) is 441 Å². The van der Waals surface area contributed by atoms with Crippen LogP contribution in [-0.2, 0) is 21.7 Å². The molecule has 0 radical (unpaired) electrons. The van der Waals surface area contributed by atoms with Crippen LogP contribution in [0.3, 0.4) is 0 Å². The van der Waals surface area contributed by atoms with Gasteiger partial charge in [-0.15, -0.1) is 0 Å². The van der Waals surface area contributed by atoms with E-state index in [0.717, 1.165) is 57.6 Å². The van der Waals surface area contributed by atoms with Crippen LogP contribution < -0.4 is 37.7 Å². The van der Waals surface area contributed by atoms with Crippen LogP contribution in [0.15, 0.2) is 352 Å². The molecule has 26 rings (SSSR count). The Hall–Kier alpha value is -13.4. The van der Waals surface area contributed by atoms with Gasteiger partial charge in [-0.3, -0.25) is 0 Å². The first-order valence-corrected chi connectivity index (χ1v) is 50.3. The van der Waals surface area contributed by atoms with E-state index in [1.807, 2.05) is 0 Å². The third-order valence-corrected chi connectivity index (χ3v) is 33.4. The zero-order valence-corrected chi connectivity index (χ0v) is 81.2. The summed E-state index contributed by atoms with van der Waals surface area (Å²) in [6.07, 6.45) is 15.8. The Bertz CT molecular complexity index is 7390. The van der Waals surface area contributed by atoms with Crippen molar-refractivity contribution in [2.45, 2.75) is 182 Å². The Morgan fingerprint density at radius 3 is 0.949 bits per heavy atom. The van der Waals surface area contributed by atoms with E-state index in [4.69, 9.17) is 9.97 Å². The number of aryl methyl sites for hydroxylation is 12.